The molecular formula is C28H32N4O5S. The molecule has 2 heterocycles. The van der Waals surface area contributed by atoms with Gasteiger partial charge in [-0.2, -0.15) is 8.42 Å². The van der Waals surface area contributed by atoms with Crippen LogP contribution in [0.5, 0.6) is 0 Å². The summed E-state index contributed by atoms with van der Waals surface area (Å²) in [7, 11) is -3.83. The number of carbonyl (C=O) groups is 2. The van der Waals surface area contributed by atoms with Crippen molar-refractivity contribution in [2.24, 2.45) is 10.3 Å². The number of amidine groups is 1. The molecular weight excluding hydrogens is 504 g/mol. The first-order valence-electron chi connectivity index (χ1n) is 13.3. The number of hydrogen-bond donors (Lipinski definition) is 2. The van der Waals surface area contributed by atoms with Gasteiger partial charge in [-0.3, -0.25) is 9.59 Å². The second kappa shape index (κ2) is 11.1. The fourth-order valence-corrected chi connectivity index (χ4v) is 6.50. The summed E-state index contributed by atoms with van der Waals surface area (Å²) >= 11 is 0. The van der Waals surface area contributed by atoms with Crippen LogP contribution in [0.2, 0.25) is 0 Å². The number of aromatic nitrogens is 1. The molecule has 0 unspecified atom stereocenters. The maximum absolute atomic E-state index is 13.7. The third-order valence-electron chi connectivity index (χ3n) is 7.27. The third kappa shape index (κ3) is 5.50. The van der Waals surface area contributed by atoms with E-state index in [1.54, 1.807) is 36.4 Å². The summed E-state index contributed by atoms with van der Waals surface area (Å²) in [5.41, 5.74) is 1.53. The Kier molecular flexibility index (Phi) is 7.60. The van der Waals surface area contributed by atoms with Gasteiger partial charge in [0.05, 0.1) is 6.04 Å². The van der Waals surface area contributed by atoms with E-state index in [4.69, 9.17) is 4.42 Å². The number of benzene rings is 2. The van der Waals surface area contributed by atoms with Crippen LogP contribution in [0.1, 0.15) is 74.5 Å². The van der Waals surface area contributed by atoms with Gasteiger partial charge in [-0.25, -0.2) is 4.98 Å². The number of para-hydroxylation sites is 2. The maximum atomic E-state index is 13.7. The second-order valence-corrected chi connectivity index (χ2v) is 11.6. The van der Waals surface area contributed by atoms with E-state index in [9.17, 15) is 18.0 Å². The zero-order valence-corrected chi connectivity index (χ0v) is 22.2. The number of amides is 1. The molecule has 1 amide bonds. The molecule has 5 rings (SSSR count). The van der Waals surface area contributed by atoms with Crippen LogP contribution < -0.4 is 10.6 Å². The van der Waals surface area contributed by atoms with E-state index in [0.29, 0.717) is 41.8 Å². The highest BCUT2D eigenvalue weighted by atomic mass is 32.2. The monoisotopic (exact) mass is 536 g/mol. The predicted octanol–water partition coefficient (Wildman–Crippen LogP) is 4.37. The van der Waals surface area contributed by atoms with Crippen LogP contribution in [-0.4, -0.2) is 43.0 Å². The smallest absolute Gasteiger partial charge is 0.285 e. The minimum absolute atomic E-state index is 0.0399. The minimum Gasteiger partial charge on any atom is -0.434 e. The van der Waals surface area contributed by atoms with Crippen molar-refractivity contribution >= 4 is 38.6 Å². The van der Waals surface area contributed by atoms with Gasteiger partial charge in [0.2, 0.25) is 11.7 Å². The van der Waals surface area contributed by atoms with E-state index in [1.165, 1.54) is 12.5 Å². The minimum atomic E-state index is -3.83. The fraction of sp³-hybridized carbons (Fsp3) is 0.429. The molecule has 2 atom stereocenters. The van der Waals surface area contributed by atoms with E-state index in [-0.39, 0.29) is 28.3 Å². The van der Waals surface area contributed by atoms with Crippen LogP contribution in [0.25, 0.3) is 11.1 Å². The summed E-state index contributed by atoms with van der Waals surface area (Å²) in [4.78, 5) is 31.5. The van der Waals surface area contributed by atoms with E-state index in [1.807, 2.05) is 13.0 Å². The Labute approximate surface area is 222 Å². The van der Waals surface area contributed by atoms with Crippen LogP contribution in [-0.2, 0) is 14.8 Å². The largest absolute Gasteiger partial charge is 0.434 e. The summed E-state index contributed by atoms with van der Waals surface area (Å²) < 4.78 is 34.8. The number of rotatable bonds is 9. The molecule has 1 saturated carbocycles. The van der Waals surface area contributed by atoms with Gasteiger partial charge >= 0.3 is 0 Å². The fourth-order valence-electron chi connectivity index (χ4n) is 5.32. The highest BCUT2D eigenvalue weighted by Gasteiger charge is 2.34. The molecule has 2 N–H and O–H groups in total. The number of nitrogens with zero attached hydrogens (tertiary/aromatic N) is 2. The molecule has 0 saturated heterocycles. The Hall–Kier alpha value is -3.53. The number of ketones is 1. The van der Waals surface area contributed by atoms with Crippen molar-refractivity contribution in [2.45, 2.75) is 75.3 Å². The number of oxazole rings is 1. The number of sulfonamides is 1. The highest BCUT2D eigenvalue weighted by molar-refractivity contribution is 7.90. The second-order valence-electron chi connectivity index (χ2n) is 10.0. The van der Waals surface area contributed by atoms with Crippen molar-refractivity contribution in [1.29, 1.82) is 0 Å². The lowest BCUT2D eigenvalue weighted by molar-refractivity contribution is -0.123. The number of nitrogens with one attached hydrogen (secondary N) is 2. The molecule has 1 aliphatic carbocycles. The summed E-state index contributed by atoms with van der Waals surface area (Å²) in [5.74, 6) is -0.323. The Morgan fingerprint density at radius 2 is 1.76 bits per heavy atom. The summed E-state index contributed by atoms with van der Waals surface area (Å²) in [6.07, 6.45) is 6.99. The van der Waals surface area contributed by atoms with Crippen molar-refractivity contribution in [3.8, 4) is 0 Å². The van der Waals surface area contributed by atoms with E-state index < -0.39 is 22.1 Å². The van der Waals surface area contributed by atoms with Crippen LogP contribution in [0.4, 0.5) is 0 Å². The van der Waals surface area contributed by atoms with Gasteiger partial charge in [0.15, 0.2) is 5.58 Å². The molecule has 3 aromatic rings. The molecule has 200 valence electrons. The Morgan fingerprint density at radius 1 is 1.03 bits per heavy atom. The van der Waals surface area contributed by atoms with Gasteiger partial charge in [0.25, 0.3) is 15.9 Å². The van der Waals surface area contributed by atoms with Gasteiger partial charge in [-0.05, 0) is 43.0 Å². The first-order chi connectivity index (χ1) is 18.4. The van der Waals surface area contributed by atoms with Crippen LogP contribution in [0.3, 0.4) is 0 Å². The first kappa shape index (κ1) is 26.1. The first-order valence-corrected chi connectivity index (χ1v) is 14.7. The van der Waals surface area contributed by atoms with Gasteiger partial charge in [0, 0.05) is 5.56 Å². The van der Waals surface area contributed by atoms with Gasteiger partial charge in [-0.1, -0.05) is 69.7 Å². The van der Waals surface area contributed by atoms with E-state index in [2.05, 4.69) is 20.0 Å². The third-order valence-corrected chi connectivity index (χ3v) is 8.60. The Morgan fingerprint density at radius 3 is 2.53 bits per heavy atom. The molecule has 0 bridgehead atoms. The molecule has 1 aliphatic heterocycles. The van der Waals surface area contributed by atoms with E-state index >= 15 is 0 Å². The quantitative estimate of drug-likeness (QED) is 0.388. The van der Waals surface area contributed by atoms with Gasteiger partial charge < -0.3 is 15.1 Å². The lowest BCUT2D eigenvalue weighted by Crippen LogP contribution is -2.52. The highest BCUT2D eigenvalue weighted by Crippen LogP contribution is 2.29. The van der Waals surface area contributed by atoms with Gasteiger partial charge in [0.1, 0.15) is 22.3 Å². The topological polar surface area (TPSA) is 131 Å². The van der Waals surface area contributed by atoms with Crippen molar-refractivity contribution < 1.29 is 22.4 Å². The zero-order valence-electron chi connectivity index (χ0n) is 21.4. The number of hydrogen-bond acceptors (Lipinski definition) is 7. The lowest BCUT2D eigenvalue weighted by atomic mass is 9.84. The summed E-state index contributed by atoms with van der Waals surface area (Å²) in [6, 6.07) is 12.1. The van der Waals surface area contributed by atoms with Crippen LogP contribution >= 0.6 is 0 Å². The van der Waals surface area contributed by atoms with Crippen molar-refractivity contribution in [1.82, 2.24) is 15.6 Å². The number of Topliss-reactive ketones (excluding diaryl/α,β-unsaturated/α-hetero) is 1. The molecule has 2 aliphatic rings. The van der Waals surface area contributed by atoms with E-state index in [0.717, 1.165) is 25.7 Å². The predicted molar refractivity (Wildman–Crippen MR) is 143 cm³/mol. The average Bonchev–Trinajstić information content (AvgIpc) is 3.47. The Balaban J connectivity index is 1.39. The standard InChI is InChI=1S/C28H32N4O5S/c1-2-10-21(25(33)28-31-20-14-7-8-15-23(20)37-28)30-27(34)22(17-18-11-4-3-5-12-18)29-26-19-13-6-9-16-24(19)38(35,36)32-26/h6-9,13-16,18,21-22H,2-5,10-12,17H2,1H3,(H,29,32)(H,30,34)/t21-,22-/m0/s1. The van der Waals surface area contributed by atoms with Crippen LogP contribution in [0.15, 0.2) is 62.2 Å². The number of fused-ring (bicyclic) bond motifs is 2. The molecule has 10 heteroatoms. The number of carbonyl (C=O) groups excluding carboxylic acids is 2. The van der Waals surface area contributed by atoms with Crippen molar-refractivity contribution in [2.75, 3.05) is 0 Å². The zero-order chi connectivity index (χ0) is 26.7. The van der Waals surface area contributed by atoms with Crippen LogP contribution in [0, 0.1) is 5.92 Å². The van der Waals surface area contributed by atoms with Crippen molar-refractivity contribution in [3.05, 3.63) is 60.0 Å². The molecule has 0 spiro atoms. The maximum Gasteiger partial charge on any atom is 0.285 e. The molecule has 2 aromatic carbocycles. The van der Waals surface area contributed by atoms with Crippen molar-refractivity contribution in [3.63, 3.8) is 0 Å². The van der Waals surface area contributed by atoms with Gasteiger partial charge in [-0.15, -0.1) is 4.40 Å². The lowest BCUT2D eigenvalue weighted by Gasteiger charge is -2.28. The summed E-state index contributed by atoms with van der Waals surface area (Å²) in [6.45, 7) is 1.94. The molecule has 1 aromatic heterocycles. The molecule has 0 radical (unpaired) electrons. The molecule has 1 fully saturated rings. The molecule has 38 heavy (non-hydrogen) atoms. The molecule has 9 nitrogen and oxygen atoms in total. The SMILES string of the molecule is CCC[C@H](NC(=O)[C@H](CC1CCCCC1)NC1=NS(=O)(=O)c2ccccc21)C(=O)c1nc2ccccc2o1. The summed E-state index contributed by atoms with van der Waals surface area (Å²) in [5, 5.41) is 6.04. The average molecular weight is 537 g/mol. The normalized spacial score (nSPS) is 18.4. The Bertz CT molecular complexity index is 1440.